The average molecular weight is 752 g/mol. The van der Waals surface area contributed by atoms with Gasteiger partial charge in [-0.3, -0.25) is 0 Å². The summed E-state index contributed by atoms with van der Waals surface area (Å²) < 4.78 is 6.67. The van der Waals surface area contributed by atoms with E-state index in [2.05, 4.69) is 229 Å². The van der Waals surface area contributed by atoms with Crippen LogP contribution in [0.5, 0.6) is 11.5 Å². The molecule has 2 heteroatoms. The molecule has 10 aromatic carbocycles. The quantitative estimate of drug-likeness (QED) is 0.162. The Balaban J connectivity index is 1.11. The van der Waals surface area contributed by atoms with Crippen LogP contribution in [-0.2, 0) is 5.41 Å². The smallest absolute Gasteiger partial charge is 0.132 e. The molecule has 0 fully saturated rings. The Hall–Kier alpha value is -7.68. The molecule has 0 radical (unpaired) electrons. The number of para-hydroxylation sites is 2. The number of benzene rings is 10. The van der Waals surface area contributed by atoms with E-state index in [9.17, 15) is 0 Å². The minimum atomic E-state index is -0.569. The number of rotatable bonds is 5. The molecule has 0 atom stereocenters. The molecule has 0 saturated carbocycles. The van der Waals surface area contributed by atoms with Crippen molar-refractivity contribution >= 4 is 38.6 Å². The lowest BCUT2D eigenvalue weighted by Crippen LogP contribution is -2.32. The molecule has 12 rings (SSSR count). The molecular formula is C57H37NO. The van der Waals surface area contributed by atoms with Gasteiger partial charge in [0.2, 0.25) is 0 Å². The van der Waals surface area contributed by atoms with Crippen molar-refractivity contribution in [3.05, 3.63) is 247 Å². The molecule has 0 saturated heterocycles. The highest BCUT2D eigenvalue weighted by molar-refractivity contribution is 6.15. The van der Waals surface area contributed by atoms with Crippen LogP contribution in [0, 0.1) is 0 Å². The van der Waals surface area contributed by atoms with Gasteiger partial charge in [0.25, 0.3) is 0 Å². The van der Waals surface area contributed by atoms with Gasteiger partial charge in [-0.2, -0.15) is 0 Å². The lowest BCUT2D eigenvalue weighted by molar-refractivity contribution is 0.436. The molecule has 0 unspecified atom stereocenters. The maximum atomic E-state index is 6.67. The first-order valence-corrected chi connectivity index (χ1v) is 20.3. The number of nitrogens with zero attached hydrogens (tertiary/aromatic N) is 1. The number of ether oxygens (including phenoxy) is 1. The third-order valence-electron chi connectivity index (χ3n) is 12.5. The summed E-state index contributed by atoms with van der Waals surface area (Å²) in [5, 5.41) is 4.89. The highest BCUT2D eigenvalue weighted by Gasteiger charge is 2.51. The number of fused-ring (bicyclic) bond motifs is 12. The van der Waals surface area contributed by atoms with Gasteiger partial charge in [0.15, 0.2) is 0 Å². The maximum absolute atomic E-state index is 6.67. The molecule has 2 aliphatic rings. The van der Waals surface area contributed by atoms with Crippen molar-refractivity contribution in [1.82, 2.24) is 0 Å². The van der Waals surface area contributed by atoms with Gasteiger partial charge in [-0.1, -0.05) is 188 Å². The van der Waals surface area contributed by atoms with Gasteiger partial charge in [0, 0.05) is 27.8 Å². The summed E-state index contributed by atoms with van der Waals surface area (Å²) >= 11 is 0. The van der Waals surface area contributed by atoms with Gasteiger partial charge < -0.3 is 9.64 Å². The SMILES string of the molecule is c1ccc(-c2ccc(-c3ccc(N(c4cccc5c4-c4ccccc4C54c5ccccc5Oc5ccccc54)c4cc5ccccc5c5ccccc45)cc3)cc2)cc1. The molecule has 2 nitrogen and oxygen atoms in total. The fourth-order valence-corrected chi connectivity index (χ4v) is 9.99. The predicted octanol–water partition coefficient (Wildman–Crippen LogP) is 15.3. The van der Waals surface area contributed by atoms with Crippen LogP contribution in [-0.4, -0.2) is 0 Å². The van der Waals surface area contributed by atoms with Crippen molar-refractivity contribution in [3.8, 4) is 44.9 Å². The zero-order valence-electron chi connectivity index (χ0n) is 32.2. The Bertz CT molecular complexity index is 3190. The highest BCUT2D eigenvalue weighted by Crippen LogP contribution is 2.64. The van der Waals surface area contributed by atoms with Crippen molar-refractivity contribution < 1.29 is 4.74 Å². The summed E-state index contributed by atoms with van der Waals surface area (Å²) in [4.78, 5) is 2.50. The standard InChI is InChI=1S/C57H37NO/c1-2-15-38(16-3-1)39-29-31-40(32-30-39)41-33-35-43(36-34-41)58(53-37-42-17-4-5-18-44(42)45-19-6-7-20-46(45)53)52-26-14-25-51-56(52)47-21-8-9-22-48(47)57(51)49-23-10-12-27-54(49)59-55-28-13-11-24-50(55)57/h1-37H. The normalized spacial score (nSPS) is 13.0. The summed E-state index contributed by atoms with van der Waals surface area (Å²) in [6.07, 6.45) is 0. The summed E-state index contributed by atoms with van der Waals surface area (Å²) in [6, 6.07) is 81.7. The minimum Gasteiger partial charge on any atom is -0.457 e. The summed E-state index contributed by atoms with van der Waals surface area (Å²) in [7, 11) is 0. The Kier molecular flexibility index (Phi) is 7.48. The van der Waals surface area contributed by atoms with Crippen molar-refractivity contribution in [1.29, 1.82) is 0 Å². The molecule has 0 bridgehead atoms. The first-order chi connectivity index (χ1) is 29.3. The second kappa shape index (κ2) is 13.2. The van der Waals surface area contributed by atoms with Gasteiger partial charge in [-0.15, -0.1) is 0 Å². The average Bonchev–Trinajstić information content (AvgIpc) is 3.61. The third-order valence-corrected chi connectivity index (χ3v) is 12.5. The lowest BCUT2D eigenvalue weighted by atomic mass is 9.66. The Morgan fingerprint density at radius 3 is 1.54 bits per heavy atom. The number of hydrogen-bond donors (Lipinski definition) is 0. The first-order valence-electron chi connectivity index (χ1n) is 20.3. The molecular weight excluding hydrogens is 715 g/mol. The van der Waals surface area contributed by atoms with E-state index < -0.39 is 5.41 Å². The largest absolute Gasteiger partial charge is 0.457 e. The summed E-state index contributed by atoms with van der Waals surface area (Å²) in [6.45, 7) is 0. The second-order valence-electron chi connectivity index (χ2n) is 15.6. The van der Waals surface area contributed by atoms with Crippen LogP contribution in [0.25, 0.3) is 54.9 Å². The van der Waals surface area contributed by atoms with Crippen LogP contribution in [0.2, 0.25) is 0 Å². The van der Waals surface area contributed by atoms with Crippen LogP contribution in [0.1, 0.15) is 22.3 Å². The van der Waals surface area contributed by atoms with Crippen LogP contribution < -0.4 is 9.64 Å². The van der Waals surface area contributed by atoms with Crippen molar-refractivity contribution in [2.75, 3.05) is 4.90 Å². The van der Waals surface area contributed by atoms with E-state index in [0.29, 0.717) is 0 Å². The van der Waals surface area contributed by atoms with Crippen LogP contribution in [0.3, 0.4) is 0 Å². The van der Waals surface area contributed by atoms with Gasteiger partial charge in [0.05, 0.1) is 16.8 Å². The van der Waals surface area contributed by atoms with E-state index in [1.54, 1.807) is 0 Å². The lowest BCUT2D eigenvalue weighted by Gasteiger charge is -2.39. The fourth-order valence-electron chi connectivity index (χ4n) is 9.99. The Labute approximate surface area is 343 Å². The molecule has 1 spiro atoms. The Morgan fingerprint density at radius 2 is 0.847 bits per heavy atom. The summed E-state index contributed by atoms with van der Waals surface area (Å²) in [5.74, 6) is 1.79. The van der Waals surface area contributed by atoms with E-state index >= 15 is 0 Å². The molecule has 0 N–H and O–H groups in total. The van der Waals surface area contributed by atoms with E-state index in [1.165, 1.54) is 66.1 Å². The molecule has 0 amide bonds. The minimum absolute atomic E-state index is 0.569. The van der Waals surface area contributed by atoms with E-state index in [0.717, 1.165) is 39.7 Å². The van der Waals surface area contributed by atoms with Crippen molar-refractivity contribution in [2.24, 2.45) is 0 Å². The molecule has 59 heavy (non-hydrogen) atoms. The number of hydrogen-bond acceptors (Lipinski definition) is 2. The molecule has 276 valence electrons. The van der Waals surface area contributed by atoms with Gasteiger partial charge in [-0.25, -0.2) is 0 Å². The topological polar surface area (TPSA) is 12.5 Å². The Morgan fingerprint density at radius 1 is 0.339 bits per heavy atom. The fraction of sp³-hybridized carbons (Fsp3) is 0.0175. The first kappa shape index (κ1) is 33.5. The maximum Gasteiger partial charge on any atom is 0.132 e. The molecule has 1 aliphatic carbocycles. The zero-order valence-corrected chi connectivity index (χ0v) is 32.2. The third kappa shape index (κ3) is 5.00. The summed E-state index contributed by atoms with van der Waals surface area (Å²) in [5.41, 5.74) is 14.9. The molecule has 1 heterocycles. The van der Waals surface area contributed by atoms with Crippen molar-refractivity contribution in [2.45, 2.75) is 5.41 Å². The molecule has 1 aliphatic heterocycles. The van der Waals surface area contributed by atoms with E-state index in [4.69, 9.17) is 4.74 Å². The zero-order chi connectivity index (χ0) is 38.9. The molecule has 10 aromatic rings. The van der Waals surface area contributed by atoms with E-state index in [1.807, 2.05) is 0 Å². The monoisotopic (exact) mass is 751 g/mol. The van der Waals surface area contributed by atoms with Crippen LogP contribution >= 0.6 is 0 Å². The van der Waals surface area contributed by atoms with Crippen molar-refractivity contribution in [3.63, 3.8) is 0 Å². The van der Waals surface area contributed by atoms with Gasteiger partial charge in [-0.05, 0) is 91.5 Å². The van der Waals surface area contributed by atoms with E-state index in [-0.39, 0.29) is 0 Å². The van der Waals surface area contributed by atoms with Crippen LogP contribution in [0.15, 0.2) is 224 Å². The van der Waals surface area contributed by atoms with Gasteiger partial charge in [0.1, 0.15) is 11.5 Å². The second-order valence-corrected chi connectivity index (χ2v) is 15.6. The number of anilines is 3. The van der Waals surface area contributed by atoms with Crippen LogP contribution in [0.4, 0.5) is 17.1 Å². The highest BCUT2D eigenvalue weighted by atomic mass is 16.5. The molecule has 0 aromatic heterocycles. The van der Waals surface area contributed by atoms with Gasteiger partial charge >= 0.3 is 0 Å². The predicted molar refractivity (Wildman–Crippen MR) is 244 cm³/mol.